The molecule has 122 valence electrons. The predicted molar refractivity (Wildman–Crippen MR) is 87.9 cm³/mol. The Bertz CT molecular complexity index is 340. The molecule has 0 heterocycles. The van der Waals surface area contributed by atoms with Gasteiger partial charge >= 0.3 is 0 Å². The Morgan fingerprint density at radius 2 is 1.86 bits per heavy atom. The number of amides is 1. The summed E-state index contributed by atoms with van der Waals surface area (Å²) in [6.45, 7) is 5.97. The zero-order chi connectivity index (χ0) is 15.3. The summed E-state index contributed by atoms with van der Waals surface area (Å²) in [5.41, 5.74) is 5.75. The van der Waals surface area contributed by atoms with Gasteiger partial charge in [-0.25, -0.2) is 0 Å². The highest BCUT2D eigenvalue weighted by molar-refractivity contribution is 5.78. The Kier molecular flexibility index (Phi) is 6.09. The van der Waals surface area contributed by atoms with Gasteiger partial charge in [0.2, 0.25) is 5.91 Å². The van der Waals surface area contributed by atoms with E-state index in [4.69, 9.17) is 5.73 Å². The van der Waals surface area contributed by atoms with Gasteiger partial charge in [-0.1, -0.05) is 39.5 Å². The van der Waals surface area contributed by atoms with Crippen molar-refractivity contribution in [3.63, 3.8) is 0 Å². The monoisotopic (exact) mass is 294 g/mol. The van der Waals surface area contributed by atoms with Gasteiger partial charge in [0.15, 0.2) is 0 Å². The maximum absolute atomic E-state index is 12.5. The number of nitrogens with two attached hydrogens (primary N) is 1. The van der Waals surface area contributed by atoms with E-state index in [-0.39, 0.29) is 11.3 Å². The number of hydrogen-bond acceptors (Lipinski definition) is 2. The van der Waals surface area contributed by atoms with Gasteiger partial charge in [-0.2, -0.15) is 0 Å². The Morgan fingerprint density at radius 3 is 2.57 bits per heavy atom. The minimum atomic E-state index is 0.164. The van der Waals surface area contributed by atoms with Crippen molar-refractivity contribution in [1.29, 1.82) is 0 Å². The van der Waals surface area contributed by atoms with E-state index in [9.17, 15) is 4.79 Å². The Morgan fingerprint density at radius 1 is 1.14 bits per heavy atom. The Labute approximate surface area is 130 Å². The second-order valence-electron chi connectivity index (χ2n) is 8.09. The third kappa shape index (κ3) is 4.98. The van der Waals surface area contributed by atoms with Crippen LogP contribution in [0.25, 0.3) is 0 Å². The fraction of sp³-hybridized carbons (Fsp3) is 0.944. The van der Waals surface area contributed by atoms with Crippen LogP contribution in [0.1, 0.15) is 71.6 Å². The van der Waals surface area contributed by atoms with Crippen molar-refractivity contribution in [3.8, 4) is 0 Å². The molecule has 0 aromatic heterocycles. The molecule has 2 rings (SSSR count). The molecule has 3 N–H and O–H groups in total. The van der Waals surface area contributed by atoms with Gasteiger partial charge in [0.1, 0.15) is 0 Å². The molecule has 1 amide bonds. The van der Waals surface area contributed by atoms with Crippen LogP contribution in [0.5, 0.6) is 0 Å². The molecule has 3 heteroatoms. The van der Waals surface area contributed by atoms with E-state index in [1.165, 1.54) is 32.1 Å². The smallest absolute Gasteiger partial charge is 0.223 e. The van der Waals surface area contributed by atoms with Gasteiger partial charge in [0.25, 0.3) is 0 Å². The Balaban J connectivity index is 1.75. The van der Waals surface area contributed by atoms with Gasteiger partial charge in [-0.15, -0.1) is 0 Å². The van der Waals surface area contributed by atoms with E-state index < -0.39 is 0 Å². The lowest BCUT2D eigenvalue weighted by Gasteiger charge is -2.39. The van der Waals surface area contributed by atoms with Crippen molar-refractivity contribution >= 4 is 5.91 Å². The predicted octanol–water partition coefficient (Wildman–Crippen LogP) is 3.47. The average molecular weight is 294 g/mol. The summed E-state index contributed by atoms with van der Waals surface area (Å²) in [6.07, 6.45) is 11.2. The normalized spacial score (nSPS) is 29.8. The minimum absolute atomic E-state index is 0.164. The lowest BCUT2D eigenvalue weighted by Crippen LogP contribution is -2.41. The molecule has 0 radical (unpaired) electrons. The second-order valence-corrected chi connectivity index (χ2v) is 8.09. The van der Waals surface area contributed by atoms with Crippen LogP contribution >= 0.6 is 0 Å². The van der Waals surface area contributed by atoms with Crippen LogP contribution in [-0.2, 0) is 4.79 Å². The molecule has 0 spiro atoms. The van der Waals surface area contributed by atoms with E-state index >= 15 is 0 Å². The highest BCUT2D eigenvalue weighted by Gasteiger charge is 2.35. The maximum Gasteiger partial charge on any atom is 0.223 e. The maximum atomic E-state index is 12.5. The highest BCUT2D eigenvalue weighted by Crippen LogP contribution is 2.42. The molecule has 0 bridgehead atoms. The number of nitrogens with one attached hydrogen (secondary N) is 1. The van der Waals surface area contributed by atoms with Crippen LogP contribution in [0.4, 0.5) is 0 Å². The van der Waals surface area contributed by atoms with Crippen molar-refractivity contribution < 1.29 is 4.79 Å². The molecule has 0 aromatic rings. The first-order valence-electron chi connectivity index (χ1n) is 8.99. The summed E-state index contributed by atoms with van der Waals surface area (Å²) >= 11 is 0. The number of rotatable bonds is 6. The SMILES string of the molecule is CC(C)(CCCN)CNC(=O)C1CCC2CCCCC2C1. The standard InChI is InChI=1S/C18H34N2O/c1-18(2,10-5-11-19)13-20-17(21)16-9-8-14-6-3-4-7-15(14)12-16/h14-16H,3-13,19H2,1-2H3,(H,20,21). The van der Waals surface area contributed by atoms with Gasteiger partial charge in [0, 0.05) is 12.5 Å². The third-order valence-electron chi connectivity index (χ3n) is 5.71. The lowest BCUT2D eigenvalue weighted by molar-refractivity contribution is -0.127. The van der Waals surface area contributed by atoms with Gasteiger partial charge in [-0.3, -0.25) is 4.79 Å². The molecule has 3 nitrogen and oxygen atoms in total. The molecule has 21 heavy (non-hydrogen) atoms. The average Bonchev–Trinajstić information content (AvgIpc) is 2.50. The van der Waals surface area contributed by atoms with E-state index in [1.54, 1.807) is 0 Å². The summed E-state index contributed by atoms with van der Waals surface area (Å²) in [5.74, 6) is 2.33. The number of fused-ring (bicyclic) bond motifs is 1. The van der Waals surface area contributed by atoms with E-state index in [2.05, 4.69) is 19.2 Å². The molecule has 2 aliphatic carbocycles. The first-order chi connectivity index (χ1) is 10.0. The zero-order valence-electron chi connectivity index (χ0n) is 14.0. The third-order valence-corrected chi connectivity index (χ3v) is 5.71. The van der Waals surface area contributed by atoms with E-state index in [0.717, 1.165) is 50.6 Å². The second kappa shape index (κ2) is 7.62. The van der Waals surface area contributed by atoms with E-state index in [1.807, 2.05) is 0 Å². The van der Waals surface area contributed by atoms with Crippen LogP contribution in [0.15, 0.2) is 0 Å². The lowest BCUT2D eigenvalue weighted by atomic mass is 9.67. The minimum Gasteiger partial charge on any atom is -0.355 e. The molecular formula is C18H34N2O. The molecule has 0 aromatic carbocycles. The molecule has 3 atom stereocenters. The summed E-state index contributed by atoms with van der Waals surface area (Å²) < 4.78 is 0. The number of carbonyl (C=O) groups excluding carboxylic acids is 1. The summed E-state index contributed by atoms with van der Waals surface area (Å²) in [4.78, 5) is 12.5. The van der Waals surface area contributed by atoms with Crippen LogP contribution in [0.3, 0.4) is 0 Å². The highest BCUT2D eigenvalue weighted by atomic mass is 16.1. The molecule has 2 saturated carbocycles. The molecule has 3 unspecified atom stereocenters. The van der Waals surface area contributed by atoms with Gasteiger partial charge in [-0.05, 0) is 55.9 Å². The fourth-order valence-corrected chi connectivity index (χ4v) is 4.25. The van der Waals surface area contributed by atoms with Crippen LogP contribution in [0.2, 0.25) is 0 Å². The summed E-state index contributed by atoms with van der Waals surface area (Å²) in [5, 5.41) is 3.22. The van der Waals surface area contributed by atoms with Gasteiger partial charge in [0.05, 0.1) is 0 Å². The van der Waals surface area contributed by atoms with Crippen molar-refractivity contribution in [2.24, 2.45) is 28.9 Å². The first-order valence-corrected chi connectivity index (χ1v) is 8.99. The fourth-order valence-electron chi connectivity index (χ4n) is 4.25. The van der Waals surface area contributed by atoms with Gasteiger partial charge < -0.3 is 11.1 Å². The van der Waals surface area contributed by atoms with Crippen molar-refractivity contribution in [1.82, 2.24) is 5.32 Å². The Hall–Kier alpha value is -0.570. The molecule has 2 fully saturated rings. The van der Waals surface area contributed by atoms with E-state index in [0.29, 0.717) is 5.91 Å². The van der Waals surface area contributed by atoms with Crippen molar-refractivity contribution in [3.05, 3.63) is 0 Å². The molecule has 0 saturated heterocycles. The zero-order valence-corrected chi connectivity index (χ0v) is 14.0. The topological polar surface area (TPSA) is 55.1 Å². The molecule has 0 aliphatic heterocycles. The summed E-state index contributed by atoms with van der Waals surface area (Å²) in [7, 11) is 0. The molecule has 2 aliphatic rings. The summed E-state index contributed by atoms with van der Waals surface area (Å²) in [6, 6.07) is 0. The van der Waals surface area contributed by atoms with Crippen molar-refractivity contribution in [2.45, 2.75) is 71.6 Å². The largest absolute Gasteiger partial charge is 0.355 e. The van der Waals surface area contributed by atoms with Crippen LogP contribution in [0, 0.1) is 23.2 Å². The van der Waals surface area contributed by atoms with Crippen LogP contribution in [-0.4, -0.2) is 19.0 Å². The van der Waals surface area contributed by atoms with Crippen molar-refractivity contribution in [2.75, 3.05) is 13.1 Å². The van der Waals surface area contributed by atoms with Crippen LogP contribution < -0.4 is 11.1 Å². The quantitative estimate of drug-likeness (QED) is 0.788. The first kappa shape index (κ1) is 16.8. The molecular weight excluding hydrogens is 260 g/mol. The number of hydrogen-bond donors (Lipinski definition) is 2. The number of carbonyl (C=O) groups is 1.